The van der Waals surface area contributed by atoms with Gasteiger partial charge in [-0.3, -0.25) is 4.79 Å². The maximum atomic E-state index is 12.5. The van der Waals surface area contributed by atoms with Crippen LogP contribution in [0.2, 0.25) is 0 Å². The van der Waals surface area contributed by atoms with Gasteiger partial charge < -0.3 is 9.84 Å². The Morgan fingerprint density at radius 2 is 2.15 bits per heavy atom. The standard InChI is InChI=1S/C15H23NO4/c1-9-6-5-7-10-12(9)11(8-17)16(13(10)18)14(19)20-15(2,3)4/h5-6,9-12,17H,7-8H2,1-4H3/t9?,10-,11-,12+/m1/s1. The first-order chi connectivity index (χ1) is 9.26. The number of likely N-dealkylation sites (tertiary alicyclic amines) is 1. The summed E-state index contributed by atoms with van der Waals surface area (Å²) in [5.41, 5.74) is -0.658. The second-order valence-corrected chi connectivity index (χ2v) is 6.65. The Morgan fingerprint density at radius 3 is 2.70 bits per heavy atom. The number of carbonyl (C=O) groups excluding carboxylic acids is 2. The molecule has 2 rings (SSSR count). The molecule has 112 valence electrons. The topological polar surface area (TPSA) is 66.8 Å². The van der Waals surface area contributed by atoms with Gasteiger partial charge in [-0.15, -0.1) is 0 Å². The molecule has 0 bridgehead atoms. The van der Waals surface area contributed by atoms with E-state index < -0.39 is 17.7 Å². The summed E-state index contributed by atoms with van der Waals surface area (Å²) in [5.74, 6) is -0.300. The van der Waals surface area contributed by atoms with E-state index in [1.54, 1.807) is 20.8 Å². The van der Waals surface area contributed by atoms with Crippen molar-refractivity contribution < 1.29 is 19.4 Å². The number of ether oxygens (including phenoxy) is 1. The van der Waals surface area contributed by atoms with Crippen molar-refractivity contribution in [1.29, 1.82) is 0 Å². The molecule has 2 amide bonds. The number of rotatable bonds is 1. The fraction of sp³-hybridized carbons (Fsp3) is 0.733. The lowest BCUT2D eigenvalue weighted by molar-refractivity contribution is -0.131. The molecular weight excluding hydrogens is 258 g/mol. The third-order valence-electron chi connectivity index (χ3n) is 4.01. The van der Waals surface area contributed by atoms with Crippen LogP contribution in [0.1, 0.15) is 34.1 Å². The van der Waals surface area contributed by atoms with Crippen LogP contribution in [-0.2, 0) is 9.53 Å². The molecular formula is C15H23NO4. The first kappa shape index (κ1) is 15.0. The molecule has 0 aromatic heterocycles. The predicted octanol–water partition coefficient (Wildman–Crippen LogP) is 1.95. The van der Waals surface area contributed by atoms with Gasteiger partial charge in [0, 0.05) is 11.8 Å². The number of aliphatic hydroxyl groups is 1. The SMILES string of the molecule is CC1C=CC[C@H]2C(=O)N(C(=O)OC(C)(C)C)[C@H](CO)[C@@H]12. The van der Waals surface area contributed by atoms with Crippen molar-refractivity contribution in [3.8, 4) is 0 Å². The van der Waals surface area contributed by atoms with Crippen molar-refractivity contribution in [3.05, 3.63) is 12.2 Å². The minimum Gasteiger partial charge on any atom is -0.443 e. The molecule has 0 saturated carbocycles. The molecule has 20 heavy (non-hydrogen) atoms. The number of fused-ring (bicyclic) bond motifs is 1. The number of allylic oxidation sites excluding steroid dienone is 2. The highest BCUT2D eigenvalue weighted by molar-refractivity contribution is 5.96. The van der Waals surface area contributed by atoms with Gasteiger partial charge in [-0.05, 0) is 33.1 Å². The highest BCUT2D eigenvalue weighted by Crippen LogP contribution is 2.42. The molecule has 2 aliphatic rings. The normalized spacial score (nSPS) is 33.2. The van der Waals surface area contributed by atoms with E-state index in [-0.39, 0.29) is 30.3 Å². The average molecular weight is 281 g/mol. The van der Waals surface area contributed by atoms with Gasteiger partial charge >= 0.3 is 6.09 Å². The van der Waals surface area contributed by atoms with Crippen LogP contribution in [0, 0.1) is 17.8 Å². The summed E-state index contributed by atoms with van der Waals surface area (Å²) >= 11 is 0. The van der Waals surface area contributed by atoms with Gasteiger partial charge in [0.2, 0.25) is 5.91 Å². The lowest BCUT2D eigenvalue weighted by atomic mass is 9.75. The Bertz CT molecular complexity index is 438. The third-order valence-corrected chi connectivity index (χ3v) is 4.01. The molecule has 4 atom stereocenters. The molecule has 1 heterocycles. The highest BCUT2D eigenvalue weighted by Gasteiger charge is 2.53. The molecule has 1 aliphatic heterocycles. The van der Waals surface area contributed by atoms with Crippen LogP contribution in [0.25, 0.3) is 0 Å². The largest absolute Gasteiger partial charge is 0.443 e. The summed E-state index contributed by atoms with van der Waals surface area (Å²) in [6, 6.07) is -0.484. The van der Waals surface area contributed by atoms with Gasteiger partial charge in [0.25, 0.3) is 0 Å². The summed E-state index contributed by atoms with van der Waals surface area (Å²) in [7, 11) is 0. The van der Waals surface area contributed by atoms with E-state index in [9.17, 15) is 14.7 Å². The van der Waals surface area contributed by atoms with Crippen LogP contribution >= 0.6 is 0 Å². The van der Waals surface area contributed by atoms with Crippen LogP contribution in [-0.4, -0.2) is 40.3 Å². The van der Waals surface area contributed by atoms with Crippen LogP contribution in [0.5, 0.6) is 0 Å². The molecule has 1 fully saturated rings. The Labute approximate surface area is 119 Å². The minimum atomic E-state index is -0.658. The van der Waals surface area contributed by atoms with Crippen molar-refractivity contribution in [3.63, 3.8) is 0 Å². The zero-order chi connectivity index (χ0) is 15.1. The fourth-order valence-corrected chi connectivity index (χ4v) is 3.23. The van der Waals surface area contributed by atoms with Crippen LogP contribution < -0.4 is 0 Å². The molecule has 0 spiro atoms. The number of hydrogen-bond acceptors (Lipinski definition) is 4. The van der Waals surface area contributed by atoms with E-state index in [1.807, 2.05) is 13.0 Å². The number of imide groups is 1. The van der Waals surface area contributed by atoms with Gasteiger partial charge in [-0.2, -0.15) is 0 Å². The fourth-order valence-electron chi connectivity index (χ4n) is 3.23. The number of carbonyl (C=O) groups is 2. The molecule has 0 radical (unpaired) electrons. The van der Waals surface area contributed by atoms with E-state index in [4.69, 9.17) is 4.74 Å². The third kappa shape index (κ3) is 2.59. The summed E-state index contributed by atoms with van der Waals surface area (Å²) in [6.45, 7) is 7.08. The first-order valence-corrected chi connectivity index (χ1v) is 7.10. The van der Waals surface area contributed by atoms with Gasteiger partial charge in [0.1, 0.15) is 5.60 Å². The summed E-state index contributed by atoms with van der Waals surface area (Å²) in [4.78, 5) is 25.8. The zero-order valence-electron chi connectivity index (χ0n) is 12.5. The second kappa shape index (κ2) is 5.20. The van der Waals surface area contributed by atoms with Crippen LogP contribution in [0.15, 0.2) is 12.2 Å². The lowest BCUT2D eigenvalue weighted by Gasteiger charge is -2.30. The number of nitrogens with zero attached hydrogens (tertiary/aromatic N) is 1. The van der Waals surface area contributed by atoms with Gasteiger partial charge in [0.15, 0.2) is 0 Å². The Balaban J connectivity index is 2.26. The van der Waals surface area contributed by atoms with E-state index in [1.165, 1.54) is 0 Å². The van der Waals surface area contributed by atoms with Crippen molar-refractivity contribution in [2.75, 3.05) is 6.61 Å². The quantitative estimate of drug-likeness (QED) is 0.746. The molecule has 1 saturated heterocycles. The van der Waals surface area contributed by atoms with E-state index in [0.29, 0.717) is 6.42 Å². The monoisotopic (exact) mass is 281 g/mol. The molecule has 0 aromatic rings. The smallest absolute Gasteiger partial charge is 0.417 e. The summed E-state index contributed by atoms with van der Waals surface area (Å²) < 4.78 is 5.30. The molecule has 1 aliphatic carbocycles. The van der Waals surface area contributed by atoms with E-state index >= 15 is 0 Å². The molecule has 1 unspecified atom stereocenters. The maximum Gasteiger partial charge on any atom is 0.417 e. The summed E-state index contributed by atoms with van der Waals surface area (Å²) in [5, 5.41) is 9.63. The average Bonchev–Trinajstić information content (AvgIpc) is 2.61. The number of aliphatic hydroxyl groups excluding tert-OH is 1. The molecule has 5 heteroatoms. The van der Waals surface area contributed by atoms with Crippen LogP contribution in [0.4, 0.5) is 4.79 Å². The van der Waals surface area contributed by atoms with Crippen molar-refractivity contribution in [2.24, 2.45) is 17.8 Å². The van der Waals surface area contributed by atoms with Gasteiger partial charge in [0.05, 0.1) is 12.6 Å². The lowest BCUT2D eigenvalue weighted by Crippen LogP contribution is -2.45. The van der Waals surface area contributed by atoms with E-state index in [2.05, 4.69) is 6.08 Å². The molecule has 1 N–H and O–H groups in total. The Morgan fingerprint density at radius 1 is 1.50 bits per heavy atom. The minimum absolute atomic E-state index is 0.0231. The van der Waals surface area contributed by atoms with Crippen molar-refractivity contribution in [1.82, 2.24) is 4.90 Å². The van der Waals surface area contributed by atoms with Gasteiger partial charge in [-0.1, -0.05) is 19.1 Å². The Kier molecular flexibility index (Phi) is 3.91. The Hall–Kier alpha value is -1.36. The molecule has 0 aromatic carbocycles. The number of hydrogen-bond donors (Lipinski definition) is 1. The van der Waals surface area contributed by atoms with Crippen molar-refractivity contribution in [2.45, 2.75) is 45.8 Å². The molecule has 5 nitrogen and oxygen atoms in total. The van der Waals surface area contributed by atoms with E-state index in [0.717, 1.165) is 4.90 Å². The highest BCUT2D eigenvalue weighted by atomic mass is 16.6. The second-order valence-electron chi connectivity index (χ2n) is 6.65. The summed E-state index contributed by atoms with van der Waals surface area (Å²) in [6.07, 6.45) is 4.01. The van der Waals surface area contributed by atoms with Crippen LogP contribution in [0.3, 0.4) is 0 Å². The first-order valence-electron chi connectivity index (χ1n) is 7.10. The maximum absolute atomic E-state index is 12.5. The zero-order valence-corrected chi connectivity index (χ0v) is 12.5. The van der Waals surface area contributed by atoms with Gasteiger partial charge in [-0.25, -0.2) is 9.69 Å². The predicted molar refractivity (Wildman–Crippen MR) is 73.9 cm³/mol. The number of amides is 2. The van der Waals surface area contributed by atoms with Crippen molar-refractivity contribution >= 4 is 12.0 Å².